The first-order valence-electron chi connectivity index (χ1n) is 5.26. The van der Waals surface area contributed by atoms with E-state index in [1.54, 1.807) is 5.57 Å². The van der Waals surface area contributed by atoms with Crippen LogP contribution in [-0.2, 0) is 0 Å². The smallest absolute Gasteiger partial charge is 0.00488 e. The molecule has 1 nitrogen and oxygen atoms in total. The van der Waals surface area contributed by atoms with E-state index in [0.717, 1.165) is 0 Å². The Kier molecular flexibility index (Phi) is 5.09. The molecule has 1 aliphatic rings. The fourth-order valence-corrected chi connectivity index (χ4v) is 1.62. The zero-order chi connectivity index (χ0) is 8.65. The van der Waals surface area contributed by atoms with Gasteiger partial charge >= 0.3 is 0 Å². The second kappa shape index (κ2) is 6.24. The Morgan fingerprint density at radius 1 is 1.08 bits per heavy atom. The van der Waals surface area contributed by atoms with Gasteiger partial charge < -0.3 is 5.32 Å². The molecule has 0 amide bonds. The van der Waals surface area contributed by atoms with Gasteiger partial charge in [0.2, 0.25) is 0 Å². The van der Waals surface area contributed by atoms with Gasteiger partial charge in [-0.25, -0.2) is 0 Å². The minimum Gasteiger partial charge on any atom is -0.317 e. The van der Waals surface area contributed by atoms with E-state index in [1.807, 2.05) is 0 Å². The molecule has 0 aromatic rings. The van der Waals surface area contributed by atoms with Crippen LogP contribution in [0.25, 0.3) is 0 Å². The van der Waals surface area contributed by atoms with E-state index in [2.05, 4.69) is 18.3 Å². The van der Waals surface area contributed by atoms with E-state index in [-0.39, 0.29) is 0 Å². The van der Waals surface area contributed by atoms with Crippen molar-refractivity contribution >= 4 is 0 Å². The van der Waals surface area contributed by atoms with Gasteiger partial charge in [-0.05, 0) is 58.5 Å². The Balaban J connectivity index is 2.25. The predicted octanol–water partition coefficient (Wildman–Crippen LogP) is 2.88. The molecule has 0 spiro atoms. The minimum absolute atomic E-state index is 1.22. The van der Waals surface area contributed by atoms with Gasteiger partial charge in [0.15, 0.2) is 0 Å². The third kappa shape index (κ3) is 4.55. The Bertz CT molecular complexity index is 138. The van der Waals surface area contributed by atoms with E-state index >= 15 is 0 Å². The SMILES string of the molecule is CC1=CCCCCNCCCC1. The van der Waals surface area contributed by atoms with Crippen molar-refractivity contribution in [2.45, 2.75) is 45.4 Å². The van der Waals surface area contributed by atoms with Crippen molar-refractivity contribution < 1.29 is 0 Å². The molecule has 1 aliphatic heterocycles. The third-order valence-corrected chi connectivity index (χ3v) is 2.48. The summed E-state index contributed by atoms with van der Waals surface area (Å²) in [6.07, 6.45) is 10.4. The maximum absolute atomic E-state index is 3.47. The molecule has 0 bridgehead atoms. The standard InChI is InChI=1S/C11H21N/c1-11-7-3-2-5-9-12-10-6-4-8-11/h7,12H,2-6,8-10H2,1H3. The molecule has 0 saturated carbocycles. The van der Waals surface area contributed by atoms with E-state index in [9.17, 15) is 0 Å². The normalized spacial score (nSPS) is 22.6. The number of hydrogen-bond donors (Lipinski definition) is 1. The van der Waals surface area contributed by atoms with Gasteiger partial charge in [-0.2, -0.15) is 0 Å². The van der Waals surface area contributed by atoms with Crippen LogP contribution >= 0.6 is 0 Å². The highest BCUT2D eigenvalue weighted by molar-refractivity contribution is 4.97. The number of allylic oxidation sites excluding steroid dienone is 2. The quantitative estimate of drug-likeness (QED) is 0.547. The van der Waals surface area contributed by atoms with Crippen LogP contribution in [0.4, 0.5) is 0 Å². The lowest BCUT2D eigenvalue weighted by atomic mass is 10.1. The highest BCUT2D eigenvalue weighted by Crippen LogP contribution is 2.09. The van der Waals surface area contributed by atoms with Gasteiger partial charge in [0.25, 0.3) is 0 Å². The van der Waals surface area contributed by atoms with Crippen molar-refractivity contribution in [3.8, 4) is 0 Å². The maximum Gasteiger partial charge on any atom is -0.00488 e. The fourth-order valence-electron chi connectivity index (χ4n) is 1.62. The van der Waals surface area contributed by atoms with Crippen LogP contribution in [0.3, 0.4) is 0 Å². The summed E-state index contributed by atoms with van der Waals surface area (Å²) < 4.78 is 0. The third-order valence-electron chi connectivity index (χ3n) is 2.48. The summed E-state index contributed by atoms with van der Waals surface area (Å²) in [4.78, 5) is 0. The van der Waals surface area contributed by atoms with Gasteiger partial charge in [0.1, 0.15) is 0 Å². The first kappa shape index (κ1) is 9.79. The monoisotopic (exact) mass is 167 g/mol. The molecule has 12 heavy (non-hydrogen) atoms. The minimum atomic E-state index is 1.22. The molecular formula is C11H21N. The molecule has 0 unspecified atom stereocenters. The summed E-state index contributed by atoms with van der Waals surface area (Å²) in [6.45, 7) is 4.70. The molecule has 70 valence electrons. The molecular weight excluding hydrogens is 146 g/mol. The fraction of sp³-hybridized carbons (Fsp3) is 0.818. The highest BCUT2D eigenvalue weighted by Gasteiger charge is 1.95. The average Bonchev–Trinajstić information content (AvgIpc) is 2.11. The summed E-state index contributed by atoms with van der Waals surface area (Å²) in [7, 11) is 0. The van der Waals surface area contributed by atoms with E-state index in [4.69, 9.17) is 0 Å². The Morgan fingerprint density at radius 2 is 1.83 bits per heavy atom. The topological polar surface area (TPSA) is 12.0 Å². The van der Waals surface area contributed by atoms with Crippen LogP contribution < -0.4 is 5.32 Å². The molecule has 0 atom stereocenters. The molecule has 0 aliphatic carbocycles. The first-order valence-corrected chi connectivity index (χ1v) is 5.26. The molecule has 1 rings (SSSR count). The van der Waals surface area contributed by atoms with Crippen LogP contribution in [0.1, 0.15) is 45.4 Å². The van der Waals surface area contributed by atoms with Gasteiger partial charge in [-0.15, -0.1) is 0 Å². The van der Waals surface area contributed by atoms with Crippen molar-refractivity contribution in [3.05, 3.63) is 11.6 Å². The second-order valence-electron chi connectivity index (χ2n) is 3.75. The van der Waals surface area contributed by atoms with Crippen molar-refractivity contribution in [2.24, 2.45) is 0 Å². The molecule has 1 heteroatoms. The van der Waals surface area contributed by atoms with Crippen LogP contribution in [-0.4, -0.2) is 13.1 Å². The summed E-state index contributed by atoms with van der Waals surface area (Å²) in [6, 6.07) is 0. The zero-order valence-corrected chi connectivity index (χ0v) is 8.23. The van der Waals surface area contributed by atoms with E-state index in [0.29, 0.717) is 0 Å². The average molecular weight is 167 g/mol. The van der Waals surface area contributed by atoms with Crippen molar-refractivity contribution in [1.29, 1.82) is 0 Å². The van der Waals surface area contributed by atoms with E-state index in [1.165, 1.54) is 51.6 Å². The summed E-state index contributed by atoms with van der Waals surface area (Å²) in [5.74, 6) is 0. The highest BCUT2D eigenvalue weighted by atomic mass is 14.8. The van der Waals surface area contributed by atoms with Crippen LogP contribution in [0.15, 0.2) is 11.6 Å². The lowest BCUT2D eigenvalue weighted by molar-refractivity contribution is 0.598. The maximum atomic E-state index is 3.47. The largest absolute Gasteiger partial charge is 0.317 e. The zero-order valence-electron chi connectivity index (χ0n) is 8.23. The summed E-state index contributed by atoms with van der Waals surface area (Å²) in [5, 5.41) is 3.47. The van der Waals surface area contributed by atoms with Gasteiger partial charge in [0, 0.05) is 0 Å². The van der Waals surface area contributed by atoms with Crippen molar-refractivity contribution in [3.63, 3.8) is 0 Å². The van der Waals surface area contributed by atoms with E-state index < -0.39 is 0 Å². The molecule has 0 radical (unpaired) electrons. The summed E-state index contributed by atoms with van der Waals surface area (Å²) >= 11 is 0. The lowest BCUT2D eigenvalue weighted by Crippen LogP contribution is -2.16. The number of nitrogens with one attached hydrogen (secondary N) is 1. The Labute approximate surface area is 76.2 Å². The lowest BCUT2D eigenvalue weighted by Gasteiger charge is -2.01. The first-order chi connectivity index (χ1) is 5.89. The molecule has 0 fully saturated rings. The summed E-state index contributed by atoms with van der Waals surface area (Å²) in [5.41, 5.74) is 1.59. The van der Waals surface area contributed by atoms with Gasteiger partial charge in [0.05, 0.1) is 0 Å². The predicted molar refractivity (Wildman–Crippen MR) is 54.3 cm³/mol. The van der Waals surface area contributed by atoms with Crippen LogP contribution in [0, 0.1) is 0 Å². The van der Waals surface area contributed by atoms with Crippen LogP contribution in [0.2, 0.25) is 0 Å². The van der Waals surface area contributed by atoms with Crippen molar-refractivity contribution in [2.75, 3.05) is 13.1 Å². The molecule has 0 aromatic carbocycles. The van der Waals surface area contributed by atoms with Crippen LogP contribution in [0.5, 0.6) is 0 Å². The molecule has 1 heterocycles. The number of rotatable bonds is 0. The molecule has 0 aromatic heterocycles. The second-order valence-corrected chi connectivity index (χ2v) is 3.75. The molecule has 0 saturated heterocycles. The number of hydrogen-bond acceptors (Lipinski definition) is 1. The van der Waals surface area contributed by atoms with Gasteiger partial charge in [-0.1, -0.05) is 11.6 Å². The Hall–Kier alpha value is -0.300. The van der Waals surface area contributed by atoms with Gasteiger partial charge in [-0.3, -0.25) is 0 Å². The Morgan fingerprint density at radius 3 is 2.67 bits per heavy atom. The molecule has 1 N–H and O–H groups in total. The van der Waals surface area contributed by atoms with Crippen molar-refractivity contribution in [1.82, 2.24) is 5.32 Å².